The van der Waals surface area contributed by atoms with Gasteiger partial charge in [0.25, 0.3) is 0 Å². The van der Waals surface area contributed by atoms with Crippen LogP contribution >= 0.6 is 22.6 Å². The lowest BCUT2D eigenvalue weighted by Gasteiger charge is -2.23. The fraction of sp³-hybridized carbons (Fsp3) is 0.333. The molecule has 0 radical (unpaired) electrons. The van der Waals surface area contributed by atoms with Crippen LogP contribution in [0.1, 0.15) is 12.5 Å². The average molecular weight is 293 g/mol. The Morgan fingerprint density at radius 2 is 2.15 bits per heavy atom. The first-order chi connectivity index (χ1) is 5.97. The van der Waals surface area contributed by atoms with Gasteiger partial charge >= 0.3 is 0 Å². The summed E-state index contributed by atoms with van der Waals surface area (Å²) in [7, 11) is 0. The van der Waals surface area contributed by atoms with Crippen LogP contribution in [-0.2, 0) is 5.54 Å². The number of aromatic hydroxyl groups is 1. The Morgan fingerprint density at radius 1 is 1.54 bits per heavy atom. The molecule has 1 rings (SSSR count). The van der Waals surface area contributed by atoms with Gasteiger partial charge in [0.05, 0.1) is 12.1 Å². The van der Waals surface area contributed by atoms with Crippen LogP contribution in [0.25, 0.3) is 0 Å². The topological polar surface area (TPSA) is 66.5 Å². The van der Waals surface area contributed by atoms with Crippen molar-refractivity contribution < 1.29 is 10.2 Å². The predicted molar refractivity (Wildman–Crippen MR) is 59.4 cm³/mol. The highest BCUT2D eigenvalue weighted by molar-refractivity contribution is 14.1. The molecule has 0 aliphatic heterocycles. The third-order valence-corrected chi connectivity index (χ3v) is 2.57. The molecule has 72 valence electrons. The molecule has 1 aromatic carbocycles. The van der Waals surface area contributed by atoms with Crippen molar-refractivity contribution in [3.8, 4) is 5.75 Å². The van der Waals surface area contributed by atoms with E-state index in [-0.39, 0.29) is 12.4 Å². The third kappa shape index (κ3) is 2.32. The zero-order valence-electron chi connectivity index (χ0n) is 7.29. The van der Waals surface area contributed by atoms with Crippen LogP contribution in [0.5, 0.6) is 5.75 Å². The molecule has 0 saturated heterocycles. The summed E-state index contributed by atoms with van der Waals surface area (Å²) in [6.07, 6.45) is 0. The fourth-order valence-corrected chi connectivity index (χ4v) is 1.54. The molecule has 4 N–H and O–H groups in total. The maximum absolute atomic E-state index is 9.51. The van der Waals surface area contributed by atoms with Crippen LogP contribution in [0.2, 0.25) is 0 Å². The molecule has 0 amide bonds. The van der Waals surface area contributed by atoms with Crippen molar-refractivity contribution in [1.82, 2.24) is 0 Å². The smallest absolute Gasteiger partial charge is 0.120 e. The Labute approximate surface area is 90.7 Å². The van der Waals surface area contributed by atoms with E-state index in [0.29, 0.717) is 5.56 Å². The van der Waals surface area contributed by atoms with Gasteiger partial charge in [0.2, 0.25) is 0 Å². The van der Waals surface area contributed by atoms with E-state index in [1.54, 1.807) is 25.1 Å². The summed E-state index contributed by atoms with van der Waals surface area (Å²) in [5.74, 6) is 0.125. The van der Waals surface area contributed by atoms with Gasteiger partial charge in [-0.3, -0.25) is 0 Å². The lowest BCUT2D eigenvalue weighted by molar-refractivity contribution is 0.207. The molecule has 3 nitrogen and oxygen atoms in total. The fourth-order valence-electron chi connectivity index (χ4n) is 1.05. The molecular weight excluding hydrogens is 281 g/mol. The van der Waals surface area contributed by atoms with Gasteiger partial charge < -0.3 is 15.9 Å². The van der Waals surface area contributed by atoms with Crippen molar-refractivity contribution in [2.24, 2.45) is 5.73 Å². The number of hydrogen-bond acceptors (Lipinski definition) is 3. The van der Waals surface area contributed by atoms with Crippen molar-refractivity contribution in [3.05, 3.63) is 27.3 Å². The Morgan fingerprint density at radius 3 is 2.69 bits per heavy atom. The average Bonchev–Trinajstić information content (AvgIpc) is 2.09. The minimum atomic E-state index is -0.884. The number of halogens is 1. The molecular formula is C9H12INO2. The monoisotopic (exact) mass is 293 g/mol. The first-order valence-corrected chi connectivity index (χ1v) is 4.94. The standard InChI is InChI=1S/C9H12INO2/c1-9(11,5-12)7-4-6(10)2-3-8(7)13/h2-4,12-13H,5,11H2,1H3/t9-/m1/s1. The first kappa shape index (κ1) is 10.7. The van der Waals surface area contributed by atoms with E-state index in [1.165, 1.54) is 0 Å². The van der Waals surface area contributed by atoms with E-state index in [1.807, 2.05) is 0 Å². The summed E-state index contributed by atoms with van der Waals surface area (Å²) in [5, 5.41) is 18.5. The number of aliphatic hydroxyl groups excluding tert-OH is 1. The highest BCUT2D eigenvalue weighted by Crippen LogP contribution is 2.28. The highest BCUT2D eigenvalue weighted by Gasteiger charge is 2.23. The lowest BCUT2D eigenvalue weighted by atomic mass is 9.93. The van der Waals surface area contributed by atoms with Crippen molar-refractivity contribution in [2.75, 3.05) is 6.61 Å². The number of benzene rings is 1. The van der Waals surface area contributed by atoms with Gasteiger partial charge in [0.1, 0.15) is 5.75 Å². The quantitative estimate of drug-likeness (QED) is 0.717. The summed E-state index contributed by atoms with van der Waals surface area (Å²) >= 11 is 2.13. The van der Waals surface area contributed by atoms with E-state index < -0.39 is 5.54 Å². The molecule has 1 atom stereocenters. The summed E-state index contributed by atoms with van der Waals surface area (Å²) in [6.45, 7) is 1.48. The third-order valence-electron chi connectivity index (χ3n) is 1.90. The largest absolute Gasteiger partial charge is 0.508 e. The number of rotatable bonds is 2. The zero-order valence-corrected chi connectivity index (χ0v) is 9.45. The van der Waals surface area contributed by atoms with E-state index in [2.05, 4.69) is 22.6 Å². The molecule has 1 aromatic rings. The van der Waals surface area contributed by atoms with Crippen molar-refractivity contribution in [1.29, 1.82) is 0 Å². The minimum Gasteiger partial charge on any atom is -0.508 e. The maximum Gasteiger partial charge on any atom is 0.120 e. The van der Waals surface area contributed by atoms with Crippen molar-refractivity contribution in [3.63, 3.8) is 0 Å². The van der Waals surface area contributed by atoms with Gasteiger partial charge in [0.15, 0.2) is 0 Å². The number of hydrogen-bond donors (Lipinski definition) is 3. The van der Waals surface area contributed by atoms with Gasteiger partial charge in [-0.25, -0.2) is 0 Å². The number of phenolic OH excluding ortho intramolecular Hbond substituents is 1. The van der Waals surface area contributed by atoms with Gasteiger partial charge in [-0.1, -0.05) is 0 Å². The molecule has 0 saturated carbocycles. The molecule has 0 fully saturated rings. The van der Waals surface area contributed by atoms with Crippen molar-refractivity contribution in [2.45, 2.75) is 12.5 Å². The maximum atomic E-state index is 9.51. The molecule has 0 heterocycles. The Kier molecular flexibility index (Phi) is 3.15. The molecule has 0 spiro atoms. The molecule has 0 aromatic heterocycles. The Balaban J connectivity index is 3.20. The number of aliphatic hydroxyl groups is 1. The summed E-state index contributed by atoms with van der Waals surface area (Å²) in [6, 6.07) is 5.14. The molecule has 0 aliphatic carbocycles. The van der Waals surface area contributed by atoms with Gasteiger partial charge in [-0.05, 0) is 47.7 Å². The molecule has 0 unspecified atom stereocenters. The van der Waals surface area contributed by atoms with Crippen LogP contribution in [-0.4, -0.2) is 16.8 Å². The SMILES string of the molecule is C[C@@](N)(CO)c1cc(I)ccc1O. The van der Waals surface area contributed by atoms with Crippen molar-refractivity contribution >= 4 is 22.6 Å². The predicted octanol–water partition coefficient (Wildman–Crippen LogP) is 1.16. The molecule has 0 aliphatic rings. The first-order valence-electron chi connectivity index (χ1n) is 3.86. The van der Waals surface area contributed by atoms with Crippen LogP contribution < -0.4 is 5.73 Å². The highest BCUT2D eigenvalue weighted by atomic mass is 127. The van der Waals surface area contributed by atoms with Gasteiger partial charge in [0, 0.05) is 9.13 Å². The molecule has 13 heavy (non-hydrogen) atoms. The summed E-state index contributed by atoms with van der Waals surface area (Å²) in [4.78, 5) is 0. The van der Waals surface area contributed by atoms with E-state index >= 15 is 0 Å². The normalized spacial score (nSPS) is 15.4. The Bertz CT molecular complexity index is 312. The summed E-state index contributed by atoms with van der Waals surface area (Å²) < 4.78 is 0.982. The second-order valence-electron chi connectivity index (χ2n) is 3.24. The summed E-state index contributed by atoms with van der Waals surface area (Å²) in [5.41, 5.74) is 5.48. The Hall–Kier alpha value is -0.330. The number of phenols is 1. The molecule has 0 bridgehead atoms. The van der Waals surface area contributed by atoms with Gasteiger partial charge in [-0.2, -0.15) is 0 Å². The van der Waals surface area contributed by atoms with Crippen LogP contribution in [0.4, 0.5) is 0 Å². The molecule has 4 heteroatoms. The van der Waals surface area contributed by atoms with E-state index in [9.17, 15) is 5.11 Å². The van der Waals surface area contributed by atoms with E-state index in [0.717, 1.165) is 3.57 Å². The van der Waals surface area contributed by atoms with Gasteiger partial charge in [-0.15, -0.1) is 0 Å². The van der Waals surface area contributed by atoms with E-state index in [4.69, 9.17) is 10.8 Å². The zero-order chi connectivity index (χ0) is 10.1. The number of nitrogens with two attached hydrogens (primary N) is 1. The lowest BCUT2D eigenvalue weighted by Crippen LogP contribution is -2.37. The second-order valence-corrected chi connectivity index (χ2v) is 4.48. The van der Waals surface area contributed by atoms with Crippen LogP contribution in [0.3, 0.4) is 0 Å². The second kappa shape index (κ2) is 3.81. The minimum absolute atomic E-state index is 0.125. The van der Waals surface area contributed by atoms with Crippen LogP contribution in [0, 0.1) is 3.57 Å². The van der Waals surface area contributed by atoms with Crippen LogP contribution in [0.15, 0.2) is 18.2 Å².